The molecule has 0 aliphatic heterocycles. The van der Waals surface area contributed by atoms with Crippen molar-refractivity contribution < 1.29 is 4.52 Å². The van der Waals surface area contributed by atoms with Gasteiger partial charge in [-0.15, -0.1) is 0 Å². The first-order chi connectivity index (χ1) is 12.5. The number of amidine groups is 1. The SMILES string of the molecule is C=NC(=NC)c1c(-c2nn(C(C)(C)C)c3ncncc23)noc1C1CC1. The van der Waals surface area contributed by atoms with E-state index < -0.39 is 0 Å². The fraction of sp³-hybridized carbons (Fsp3) is 0.444. The van der Waals surface area contributed by atoms with E-state index in [2.05, 4.69) is 52.6 Å². The Morgan fingerprint density at radius 2 is 2.08 bits per heavy atom. The molecule has 0 unspecified atom stereocenters. The van der Waals surface area contributed by atoms with Crippen LogP contribution in [-0.4, -0.2) is 44.5 Å². The lowest BCUT2D eigenvalue weighted by Crippen LogP contribution is -2.23. The predicted molar refractivity (Wildman–Crippen MR) is 99.8 cm³/mol. The van der Waals surface area contributed by atoms with Crippen LogP contribution in [0.5, 0.6) is 0 Å². The lowest BCUT2D eigenvalue weighted by atomic mass is 10.1. The summed E-state index contributed by atoms with van der Waals surface area (Å²) in [6.07, 6.45) is 5.44. The first kappa shape index (κ1) is 16.6. The minimum atomic E-state index is -0.244. The molecule has 8 nitrogen and oxygen atoms in total. The molecular weight excluding hydrogens is 330 g/mol. The van der Waals surface area contributed by atoms with Crippen LogP contribution in [0.2, 0.25) is 0 Å². The second-order valence-electron chi connectivity index (χ2n) is 7.44. The molecule has 1 saturated carbocycles. The Hall–Kier alpha value is -2.90. The van der Waals surface area contributed by atoms with Gasteiger partial charge in [-0.25, -0.2) is 19.6 Å². The van der Waals surface area contributed by atoms with Crippen LogP contribution in [-0.2, 0) is 5.54 Å². The topological polar surface area (TPSA) is 94.3 Å². The maximum absolute atomic E-state index is 5.69. The lowest BCUT2D eigenvalue weighted by Gasteiger charge is -2.19. The molecule has 0 N–H and O–H groups in total. The molecule has 1 fully saturated rings. The normalized spacial score (nSPS) is 15.6. The van der Waals surface area contributed by atoms with Crippen LogP contribution in [0.25, 0.3) is 22.4 Å². The van der Waals surface area contributed by atoms with E-state index in [1.165, 1.54) is 6.33 Å². The van der Waals surface area contributed by atoms with E-state index in [9.17, 15) is 0 Å². The minimum absolute atomic E-state index is 0.244. The third-order valence-electron chi connectivity index (χ3n) is 4.46. The van der Waals surface area contributed by atoms with E-state index in [4.69, 9.17) is 9.62 Å². The molecule has 1 aliphatic rings. The molecule has 8 heteroatoms. The van der Waals surface area contributed by atoms with Crippen LogP contribution in [0.3, 0.4) is 0 Å². The molecule has 0 bridgehead atoms. The van der Waals surface area contributed by atoms with Crippen molar-refractivity contribution in [3.05, 3.63) is 23.8 Å². The summed E-state index contributed by atoms with van der Waals surface area (Å²) in [7, 11) is 1.69. The van der Waals surface area contributed by atoms with Crippen LogP contribution in [0.15, 0.2) is 27.0 Å². The molecule has 0 atom stereocenters. The second kappa shape index (κ2) is 5.82. The minimum Gasteiger partial charge on any atom is -0.360 e. The molecule has 0 spiro atoms. The summed E-state index contributed by atoms with van der Waals surface area (Å²) in [5, 5.41) is 9.96. The van der Waals surface area contributed by atoms with E-state index in [1.54, 1.807) is 13.2 Å². The third kappa shape index (κ3) is 2.53. The largest absolute Gasteiger partial charge is 0.360 e. The van der Waals surface area contributed by atoms with Gasteiger partial charge in [0.1, 0.15) is 17.7 Å². The van der Waals surface area contributed by atoms with Crippen LogP contribution in [0.1, 0.15) is 50.9 Å². The maximum Gasteiger partial charge on any atom is 0.162 e. The summed E-state index contributed by atoms with van der Waals surface area (Å²) in [6.45, 7) is 9.88. The van der Waals surface area contributed by atoms with E-state index in [1.807, 2.05) is 4.68 Å². The summed E-state index contributed by atoms with van der Waals surface area (Å²) in [4.78, 5) is 16.9. The van der Waals surface area contributed by atoms with Gasteiger partial charge < -0.3 is 4.52 Å². The number of hydrogen-bond donors (Lipinski definition) is 0. The zero-order valence-electron chi connectivity index (χ0n) is 15.4. The van der Waals surface area contributed by atoms with Crippen molar-refractivity contribution in [1.29, 1.82) is 0 Å². The molecule has 3 heterocycles. The Labute approximate surface area is 151 Å². The van der Waals surface area contributed by atoms with E-state index in [0.29, 0.717) is 23.1 Å². The number of nitrogens with zero attached hydrogens (tertiary/aromatic N) is 7. The quantitative estimate of drug-likeness (QED) is 0.533. The summed E-state index contributed by atoms with van der Waals surface area (Å²) in [6, 6.07) is 0. The number of aromatic nitrogens is 5. The van der Waals surface area contributed by atoms with E-state index >= 15 is 0 Å². The number of fused-ring (bicyclic) bond motifs is 1. The highest BCUT2D eigenvalue weighted by Crippen LogP contribution is 2.44. The van der Waals surface area contributed by atoms with Crippen LogP contribution in [0.4, 0.5) is 0 Å². The molecular formula is C18H21N7O. The summed E-state index contributed by atoms with van der Waals surface area (Å²) in [5.74, 6) is 1.68. The first-order valence-corrected chi connectivity index (χ1v) is 8.58. The second-order valence-corrected chi connectivity index (χ2v) is 7.44. The van der Waals surface area contributed by atoms with Gasteiger partial charge in [0.15, 0.2) is 17.2 Å². The van der Waals surface area contributed by atoms with Gasteiger partial charge in [-0.2, -0.15) is 5.10 Å². The van der Waals surface area contributed by atoms with Gasteiger partial charge >= 0.3 is 0 Å². The van der Waals surface area contributed by atoms with E-state index in [-0.39, 0.29) is 5.54 Å². The Balaban J connectivity index is 2.01. The van der Waals surface area contributed by atoms with Gasteiger partial charge in [-0.05, 0) is 40.3 Å². The molecule has 26 heavy (non-hydrogen) atoms. The number of aliphatic imine (C=N–C) groups is 2. The maximum atomic E-state index is 5.69. The van der Waals surface area contributed by atoms with Gasteiger partial charge in [-0.1, -0.05) is 5.16 Å². The van der Waals surface area contributed by atoms with Gasteiger partial charge in [0.05, 0.1) is 16.5 Å². The Morgan fingerprint density at radius 3 is 2.69 bits per heavy atom. The van der Waals surface area contributed by atoms with Crippen LogP contribution >= 0.6 is 0 Å². The standard InChI is InChI=1S/C18H21N7O/c1-18(2,3)25-17-11(8-21-9-22-17)13(23-25)14-12(16(19-4)20-5)15(26-24-14)10-6-7-10/h8-10H,4,6-7H2,1-3,5H3. The molecule has 0 aromatic carbocycles. The van der Waals surface area contributed by atoms with Crippen molar-refractivity contribution in [2.24, 2.45) is 9.98 Å². The van der Waals surface area contributed by atoms with Gasteiger partial charge in [0.25, 0.3) is 0 Å². The average Bonchev–Trinajstić information content (AvgIpc) is 3.24. The highest BCUT2D eigenvalue weighted by Gasteiger charge is 2.36. The fourth-order valence-corrected chi connectivity index (χ4v) is 3.07. The molecule has 0 saturated heterocycles. The molecule has 4 rings (SSSR count). The van der Waals surface area contributed by atoms with Crippen molar-refractivity contribution in [3.8, 4) is 11.4 Å². The van der Waals surface area contributed by atoms with Crippen LogP contribution < -0.4 is 0 Å². The predicted octanol–water partition coefficient (Wildman–Crippen LogP) is 3.19. The molecule has 0 radical (unpaired) electrons. The summed E-state index contributed by atoms with van der Waals surface area (Å²) < 4.78 is 7.58. The van der Waals surface area contributed by atoms with Crippen molar-refractivity contribution in [1.82, 2.24) is 24.9 Å². The van der Waals surface area contributed by atoms with Gasteiger partial charge in [-0.3, -0.25) is 4.99 Å². The Bertz CT molecular complexity index is 1020. The highest BCUT2D eigenvalue weighted by molar-refractivity contribution is 6.08. The summed E-state index contributed by atoms with van der Waals surface area (Å²) in [5.41, 5.74) is 2.57. The molecule has 134 valence electrons. The van der Waals surface area contributed by atoms with Crippen molar-refractivity contribution in [3.63, 3.8) is 0 Å². The summed E-state index contributed by atoms with van der Waals surface area (Å²) >= 11 is 0. The monoisotopic (exact) mass is 351 g/mol. The van der Waals surface area contributed by atoms with Crippen molar-refractivity contribution >= 4 is 23.6 Å². The smallest absolute Gasteiger partial charge is 0.162 e. The Kier molecular flexibility index (Phi) is 3.71. The zero-order chi connectivity index (χ0) is 18.5. The van der Waals surface area contributed by atoms with Gasteiger partial charge in [0, 0.05) is 19.2 Å². The number of rotatable bonds is 3. The van der Waals surface area contributed by atoms with Gasteiger partial charge in [0.2, 0.25) is 0 Å². The molecule has 3 aromatic heterocycles. The molecule has 0 amide bonds. The lowest BCUT2D eigenvalue weighted by molar-refractivity contribution is 0.365. The fourth-order valence-electron chi connectivity index (χ4n) is 3.07. The van der Waals surface area contributed by atoms with Crippen molar-refractivity contribution in [2.75, 3.05) is 7.05 Å². The molecule has 1 aliphatic carbocycles. The highest BCUT2D eigenvalue weighted by atomic mass is 16.5. The Morgan fingerprint density at radius 1 is 1.31 bits per heavy atom. The van der Waals surface area contributed by atoms with E-state index in [0.717, 1.165) is 35.2 Å². The van der Waals surface area contributed by atoms with Crippen molar-refractivity contribution in [2.45, 2.75) is 45.1 Å². The third-order valence-corrected chi connectivity index (χ3v) is 4.46. The number of hydrogen-bond acceptors (Lipinski definition) is 6. The van der Waals surface area contributed by atoms with Crippen LogP contribution in [0, 0.1) is 0 Å². The average molecular weight is 351 g/mol. The molecule has 3 aromatic rings. The first-order valence-electron chi connectivity index (χ1n) is 8.58. The zero-order valence-corrected chi connectivity index (χ0v) is 15.4.